The normalized spacial score (nSPS) is 15.9. The molecule has 0 unspecified atom stereocenters. The molecule has 1 heterocycles. The van der Waals surface area contributed by atoms with E-state index in [-0.39, 0.29) is 17.5 Å². The van der Waals surface area contributed by atoms with Crippen molar-refractivity contribution in [1.29, 1.82) is 0 Å². The Hall–Kier alpha value is -2.04. The van der Waals surface area contributed by atoms with E-state index in [1.807, 2.05) is 18.2 Å². The smallest absolute Gasteiger partial charge is 0.328 e. The van der Waals surface area contributed by atoms with E-state index in [9.17, 15) is 9.59 Å². The van der Waals surface area contributed by atoms with Crippen LogP contribution in [0.3, 0.4) is 0 Å². The lowest BCUT2D eigenvalue weighted by Gasteiger charge is -2.20. The van der Waals surface area contributed by atoms with E-state index >= 15 is 0 Å². The summed E-state index contributed by atoms with van der Waals surface area (Å²) < 4.78 is 3.32. The molecule has 1 amide bonds. The number of carbonyl (C=O) groups is 1. The lowest BCUT2D eigenvalue weighted by molar-refractivity contribution is -0.125. The van der Waals surface area contributed by atoms with Gasteiger partial charge in [-0.05, 0) is 37.0 Å². The summed E-state index contributed by atoms with van der Waals surface area (Å²) in [7, 11) is 3.58. The number of aromatic nitrogens is 2. The number of carbonyl (C=O) groups excluding carboxylic acids is 1. The summed E-state index contributed by atoms with van der Waals surface area (Å²) in [6.07, 6.45) is 6.47. The molecule has 0 radical (unpaired) electrons. The van der Waals surface area contributed by atoms with Crippen molar-refractivity contribution in [2.45, 2.75) is 38.5 Å². The highest BCUT2D eigenvalue weighted by molar-refractivity contribution is 5.79. The molecule has 2 aromatic rings. The van der Waals surface area contributed by atoms with Crippen LogP contribution in [-0.4, -0.2) is 21.6 Å². The van der Waals surface area contributed by atoms with Crippen LogP contribution in [-0.2, 0) is 25.3 Å². The van der Waals surface area contributed by atoms with E-state index in [1.54, 1.807) is 23.2 Å². The fraction of sp³-hybridized carbons (Fsp3) is 0.556. The summed E-state index contributed by atoms with van der Waals surface area (Å²) >= 11 is 0. The van der Waals surface area contributed by atoms with Gasteiger partial charge in [0.1, 0.15) is 0 Å². The summed E-state index contributed by atoms with van der Waals surface area (Å²) in [5.74, 6) is 0.416. The largest absolute Gasteiger partial charge is 0.356 e. The van der Waals surface area contributed by atoms with Crippen molar-refractivity contribution in [3.05, 3.63) is 34.2 Å². The predicted octanol–water partition coefficient (Wildman–Crippen LogP) is 2.12. The molecule has 0 spiro atoms. The third-order valence-corrected chi connectivity index (χ3v) is 5.03. The molecule has 1 aliphatic rings. The number of hydrogen-bond donors (Lipinski definition) is 1. The number of benzene rings is 1. The third kappa shape index (κ3) is 3.19. The van der Waals surface area contributed by atoms with E-state index in [1.165, 1.54) is 19.3 Å². The molecule has 0 saturated heterocycles. The minimum absolute atomic E-state index is 0.0113. The van der Waals surface area contributed by atoms with Crippen LogP contribution in [0.1, 0.15) is 37.7 Å². The van der Waals surface area contributed by atoms with Gasteiger partial charge < -0.3 is 5.32 Å². The van der Waals surface area contributed by atoms with Gasteiger partial charge in [0.05, 0.1) is 11.0 Å². The fourth-order valence-corrected chi connectivity index (χ4v) is 3.55. The molecule has 1 fully saturated rings. The maximum absolute atomic E-state index is 12.1. The van der Waals surface area contributed by atoms with Crippen LogP contribution >= 0.6 is 0 Å². The van der Waals surface area contributed by atoms with Crippen LogP contribution in [0.25, 0.3) is 11.0 Å². The van der Waals surface area contributed by atoms with Gasteiger partial charge in [0.15, 0.2) is 0 Å². The van der Waals surface area contributed by atoms with Gasteiger partial charge in [-0.1, -0.05) is 25.3 Å². The number of nitrogens with zero attached hydrogens (tertiary/aromatic N) is 2. The molecule has 1 N–H and O–H groups in total. The standard InChI is InChI=1S/C18H25N3O2/c1-20-15-9-8-13(12-16(15)21(2)18(20)23)10-11-19-17(22)14-6-4-3-5-7-14/h8-9,12,14H,3-7,10-11H2,1-2H3,(H,19,22). The quantitative estimate of drug-likeness (QED) is 0.939. The number of aryl methyl sites for hydroxylation is 2. The van der Waals surface area contributed by atoms with Gasteiger partial charge in [0.2, 0.25) is 5.91 Å². The van der Waals surface area contributed by atoms with Crippen molar-refractivity contribution in [2.75, 3.05) is 6.54 Å². The molecule has 1 aliphatic carbocycles. The van der Waals surface area contributed by atoms with E-state index in [2.05, 4.69) is 5.32 Å². The van der Waals surface area contributed by atoms with Crippen LogP contribution in [0.2, 0.25) is 0 Å². The average Bonchev–Trinajstić information content (AvgIpc) is 2.80. The van der Waals surface area contributed by atoms with Crippen molar-refractivity contribution in [2.24, 2.45) is 20.0 Å². The van der Waals surface area contributed by atoms with Crippen molar-refractivity contribution in [1.82, 2.24) is 14.5 Å². The van der Waals surface area contributed by atoms with Crippen molar-refractivity contribution < 1.29 is 4.79 Å². The van der Waals surface area contributed by atoms with Gasteiger partial charge in [-0.25, -0.2) is 4.79 Å². The molecule has 23 heavy (non-hydrogen) atoms. The van der Waals surface area contributed by atoms with Gasteiger partial charge in [-0.2, -0.15) is 0 Å². The second kappa shape index (κ2) is 6.60. The lowest BCUT2D eigenvalue weighted by atomic mass is 9.88. The summed E-state index contributed by atoms with van der Waals surface area (Å²) in [6.45, 7) is 0.654. The summed E-state index contributed by atoms with van der Waals surface area (Å²) in [5, 5.41) is 3.07. The Morgan fingerprint density at radius 2 is 1.83 bits per heavy atom. The first kappa shape index (κ1) is 15.8. The molecule has 3 rings (SSSR count). The van der Waals surface area contributed by atoms with E-state index in [4.69, 9.17) is 0 Å². The second-order valence-electron chi connectivity index (χ2n) is 6.60. The number of rotatable bonds is 4. The molecule has 1 aromatic carbocycles. The van der Waals surface area contributed by atoms with Gasteiger partial charge in [-0.15, -0.1) is 0 Å². The Morgan fingerprint density at radius 1 is 1.13 bits per heavy atom. The number of fused-ring (bicyclic) bond motifs is 1. The van der Waals surface area contributed by atoms with Gasteiger partial charge in [0.25, 0.3) is 0 Å². The first-order valence-corrected chi connectivity index (χ1v) is 8.50. The molecule has 0 atom stereocenters. The third-order valence-electron chi connectivity index (χ3n) is 5.03. The minimum Gasteiger partial charge on any atom is -0.356 e. The minimum atomic E-state index is -0.0113. The summed E-state index contributed by atoms with van der Waals surface area (Å²) in [5.41, 5.74) is 3.01. The Labute approximate surface area is 136 Å². The fourth-order valence-electron chi connectivity index (χ4n) is 3.55. The van der Waals surface area contributed by atoms with E-state index < -0.39 is 0 Å². The van der Waals surface area contributed by atoms with Crippen LogP contribution in [0.15, 0.2) is 23.0 Å². The van der Waals surface area contributed by atoms with Crippen LogP contribution in [0, 0.1) is 5.92 Å². The van der Waals surface area contributed by atoms with Crippen LogP contribution < -0.4 is 11.0 Å². The molecule has 1 saturated carbocycles. The molecule has 5 heteroatoms. The molecule has 0 aliphatic heterocycles. The topological polar surface area (TPSA) is 56.0 Å². The Balaban J connectivity index is 1.62. The SMILES string of the molecule is Cn1c(=O)n(C)c2cc(CCNC(=O)C3CCCCC3)ccc21. The lowest BCUT2D eigenvalue weighted by Crippen LogP contribution is -2.33. The molecular weight excluding hydrogens is 290 g/mol. The van der Waals surface area contributed by atoms with Crippen LogP contribution in [0.4, 0.5) is 0 Å². The Kier molecular flexibility index (Phi) is 4.55. The summed E-state index contributed by atoms with van der Waals surface area (Å²) in [6, 6.07) is 6.06. The zero-order valence-corrected chi connectivity index (χ0v) is 14.0. The predicted molar refractivity (Wildman–Crippen MR) is 91.4 cm³/mol. The molecule has 0 bridgehead atoms. The van der Waals surface area contributed by atoms with Crippen molar-refractivity contribution in [3.63, 3.8) is 0 Å². The maximum Gasteiger partial charge on any atom is 0.328 e. The highest BCUT2D eigenvalue weighted by atomic mass is 16.2. The average molecular weight is 315 g/mol. The molecule has 124 valence electrons. The monoisotopic (exact) mass is 315 g/mol. The molecular formula is C18H25N3O2. The number of amides is 1. The first-order chi connectivity index (χ1) is 11.1. The van der Waals surface area contributed by atoms with Gasteiger partial charge in [0, 0.05) is 26.6 Å². The summed E-state index contributed by atoms with van der Waals surface area (Å²) in [4.78, 5) is 24.1. The number of imidazole rings is 1. The maximum atomic E-state index is 12.1. The zero-order chi connectivity index (χ0) is 16.4. The zero-order valence-electron chi connectivity index (χ0n) is 14.0. The number of nitrogens with one attached hydrogen (secondary N) is 1. The highest BCUT2D eigenvalue weighted by Crippen LogP contribution is 2.23. The van der Waals surface area contributed by atoms with Crippen LogP contribution in [0.5, 0.6) is 0 Å². The molecule has 1 aromatic heterocycles. The van der Waals surface area contributed by atoms with Crippen molar-refractivity contribution >= 4 is 16.9 Å². The molecule has 5 nitrogen and oxygen atoms in total. The first-order valence-electron chi connectivity index (χ1n) is 8.50. The Morgan fingerprint density at radius 3 is 2.57 bits per heavy atom. The van der Waals surface area contributed by atoms with E-state index in [0.717, 1.165) is 35.9 Å². The van der Waals surface area contributed by atoms with E-state index in [0.29, 0.717) is 6.54 Å². The second-order valence-corrected chi connectivity index (χ2v) is 6.60. The van der Waals surface area contributed by atoms with Gasteiger partial charge in [-0.3, -0.25) is 13.9 Å². The Bertz CT molecular complexity index is 766. The van der Waals surface area contributed by atoms with Gasteiger partial charge >= 0.3 is 5.69 Å². The van der Waals surface area contributed by atoms with Crippen molar-refractivity contribution in [3.8, 4) is 0 Å². The highest BCUT2D eigenvalue weighted by Gasteiger charge is 2.20. The number of hydrogen-bond acceptors (Lipinski definition) is 2.